The highest BCUT2D eigenvalue weighted by Crippen LogP contribution is 2.31. The normalized spacial score (nSPS) is 15.4. The Bertz CT molecular complexity index is 1250. The summed E-state index contributed by atoms with van der Waals surface area (Å²) in [7, 11) is 1.50. The molecule has 1 atom stereocenters. The second kappa shape index (κ2) is 11.9. The molecule has 1 aliphatic heterocycles. The van der Waals surface area contributed by atoms with Crippen molar-refractivity contribution in [1.82, 2.24) is 19.9 Å². The molecular formula is C25H26ClN5O6. The van der Waals surface area contributed by atoms with Gasteiger partial charge in [0.1, 0.15) is 12.6 Å². The molecule has 4 rings (SSSR count). The summed E-state index contributed by atoms with van der Waals surface area (Å²) in [6.45, 7) is 0.710. The highest BCUT2D eigenvalue weighted by Gasteiger charge is 2.33. The van der Waals surface area contributed by atoms with Crippen LogP contribution in [0.3, 0.4) is 0 Å². The third kappa shape index (κ3) is 6.30. The molecule has 0 saturated carbocycles. The molecule has 2 amide bonds. The average molecular weight is 528 g/mol. The molecule has 0 aliphatic carbocycles. The van der Waals surface area contributed by atoms with E-state index in [1.165, 1.54) is 36.3 Å². The molecule has 0 N–H and O–H groups in total. The summed E-state index contributed by atoms with van der Waals surface area (Å²) >= 11 is 5.96. The lowest BCUT2D eigenvalue weighted by molar-refractivity contribution is -0.384. The topological polar surface area (TPSA) is 132 Å². The molecule has 2 aromatic carbocycles. The number of aromatic nitrogens is 2. The van der Waals surface area contributed by atoms with Crippen LogP contribution in [0.2, 0.25) is 5.02 Å². The van der Waals surface area contributed by atoms with Crippen molar-refractivity contribution in [2.75, 3.05) is 33.4 Å². The van der Waals surface area contributed by atoms with E-state index >= 15 is 0 Å². The van der Waals surface area contributed by atoms with E-state index in [0.29, 0.717) is 29.7 Å². The number of non-ortho nitro benzene ring substituents is 1. The first kappa shape index (κ1) is 26.2. The van der Waals surface area contributed by atoms with E-state index in [4.69, 9.17) is 20.9 Å². The fourth-order valence-corrected chi connectivity index (χ4v) is 4.32. The maximum absolute atomic E-state index is 13.4. The highest BCUT2D eigenvalue weighted by atomic mass is 35.5. The third-order valence-electron chi connectivity index (χ3n) is 6.16. The molecule has 11 nitrogen and oxygen atoms in total. The van der Waals surface area contributed by atoms with Crippen LogP contribution in [0.5, 0.6) is 0 Å². The molecule has 3 aromatic rings. The summed E-state index contributed by atoms with van der Waals surface area (Å²) in [6, 6.07) is 11.9. The first-order valence-electron chi connectivity index (χ1n) is 11.8. The molecule has 0 spiro atoms. The second-order valence-corrected chi connectivity index (χ2v) is 9.02. The zero-order chi connectivity index (χ0) is 26.4. The zero-order valence-corrected chi connectivity index (χ0v) is 21.0. The van der Waals surface area contributed by atoms with Crippen LogP contribution in [-0.2, 0) is 9.53 Å². The molecule has 1 aromatic heterocycles. The maximum atomic E-state index is 13.4. The van der Waals surface area contributed by atoms with Gasteiger partial charge in [0.15, 0.2) is 0 Å². The van der Waals surface area contributed by atoms with Crippen molar-refractivity contribution in [3.8, 4) is 11.4 Å². The summed E-state index contributed by atoms with van der Waals surface area (Å²) in [5, 5.41) is 15.6. The van der Waals surface area contributed by atoms with Crippen LogP contribution in [0.4, 0.5) is 5.69 Å². The molecule has 2 heterocycles. The van der Waals surface area contributed by atoms with Crippen molar-refractivity contribution in [2.45, 2.75) is 25.3 Å². The van der Waals surface area contributed by atoms with E-state index in [1.807, 2.05) is 0 Å². The Morgan fingerprint density at radius 3 is 2.59 bits per heavy atom. The Kier molecular flexibility index (Phi) is 8.47. The molecule has 1 saturated heterocycles. The number of nitro benzene ring substituents is 1. The van der Waals surface area contributed by atoms with Crippen LogP contribution in [0.25, 0.3) is 11.4 Å². The summed E-state index contributed by atoms with van der Waals surface area (Å²) < 4.78 is 10.7. The van der Waals surface area contributed by atoms with Gasteiger partial charge in [0.05, 0.1) is 11.5 Å². The number of carbonyl (C=O) groups is 2. The van der Waals surface area contributed by atoms with Crippen LogP contribution in [-0.4, -0.2) is 70.0 Å². The van der Waals surface area contributed by atoms with Crippen molar-refractivity contribution < 1.29 is 23.8 Å². The minimum Gasteiger partial charge on any atom is -0.383 e. The minimum atomic E-state index is -0.535. The molecule has 0 bridgehead atoms. The van der Waals surface area contributed by atoms with Gasteiger partial charge in [0.2, 0.25) is 17.6 Å². The van der Waals surface area contributed by atoms with E-state index in [9.17, 15) is 19.7 Å². The van der Waals surface area contributed by atoms with Crippen LogP contribution >= 0.6 is 11.6 Å². The Balaban J connectivity index is 1.51. The van der Waals surface area contributed by atoms with Gasteiger partial charge in [0.25, 0.3) is 11.6 Å². The number of rotatable bonds is 9. The number of hydrogen-bond acceptors (Lipinski definition) is 8. The minimum absolute atomic E-state index is 0.121. The largest absolute Gasteiger partial charge is 0.383 e. The van der Waals surface area contributed by atoms with E-state index in [0.717, 1.165) is 18.4 Å². The monoisotopic (exact) mass is 527 g/mol. The molecule has 12 heteroatoms. The Morgan fingerprint density at radius 1 is 1.19 bits per heavy atom. The number of ether oxygens (including phenoxy) is 1. The Labute approximate surface area is 218 Å². The van der Waals surface area contributed by atoms with Gasteiger partial charge >= 0.3 is 0 Å². The summed E-state index contributed by atoms with van der Waals surface area (Å²) in [5.41, 5.74) is 0.867. The molecule has 37 heavy (non-hydrogen) atoms. The number of piperidine rings is 1. The lowest BCUT2D eigenvalue weighted by atomic mass is 10.0. The fourth-order valence-electron chi connectivity index (χ4n) is 4.19. The maximum Gasteiger partial charge on any atom is 0.269 e. The van der Waals surface area contributed by atoms with E-state index in [-0.39, 0.29) is 36.9 Å². The summed E-state index contributed by atoms with van der Waals surface area (Å²) in [6.07, 6.45) is 2.36. The van der Waals surface area contributed by atoms with Gasteiger partial charge in [0, 0.05) is 48.5 Å². The molecule has 1 aliphatic rings. The average Bonchev–Trinajstić information content (AvgIpc) is 3.41. The van der Waals surface area contributed by atoms with Crippen molar-refractivity contribution in [1.29, 1.82) is 0 Å². The van der Waals surface area contributed by atoms with Gasteiger partial charge in [-0.25, -0.2) is 0 Å². The van der Waals surface area contributed by atoms with Gasteiger partial charge in [-0.15, -0.1) is 0 Å². The summed E-state index contributed by atoms with van der Waals surface area (Å²) in [4.78, 5) is 44.6. The number of nitro groups is 1. The smallest absolute Gasteiger partial charge is 0.269 e. The predicted octanol–water partition coefficient (Wildman–Crippen LogP) is 4.14. The molecule has 0 radical (unpaired) electrons. The first-order chi connectivity index (χ1) is 17.9. The van der Waals surface area contributed by atoms with Gasteiger partial charge in [-0.1, -0.05) is 16.8 Å². The number of amides is 2. The van der Waals surface area contributed by atoms with Gasteiger partial charge in [-0.2, -0.15) is 4.98 Å². The SMILES string of the molecule is COCCN(CC(=O)N1CCCCC1c1nc(-c2ccc(Cl)cc2)no1)C(=O)c1ccc([N+](=O)[O-])cc1. The highest BCUT2D eigenvalue weighted by molar-refractivity contribution is 6.30. The predicted molar refractivity (Wildman–Crippen MR) is 134 cm³/mol. The number of nitrogens with zero attached hydrogens (tertiary/aromatic N) is 5. The van der Waals surface area contributed by atoms with Crippen molar-refractivity contribution in [3.63, 3.8) is 0 Å². The number of likely N-dealkylation sites (tertiary alicyclic amines) is 1. The van der Waals surface area contributed by atoms with Gasteiger partial charge in [-0.05, 0) is 55.7 Å². The number of benzene rings is 2. The number of halogens is 1. The fraction of sp³-hybridized carbons (Fsp3) is 0.360. The first-order valence-corrected chi connectivity index (χ1v) is 12.2. The van der Waals surface area contributed by atoms with Crippen LogP contribution in [0.1, 0.15) is 41.6 Å². The van der Waals surface area contributed by atoms with Gasteiger partial charge < -0.3 is 19.1 Å². The Hall–Kier alpha value is -3.83. The lowest BCUT2D eigenvalue weighted by Crippen LogP contribution is -2.46. The third-order valence-corrected chi connectivity index (χ3v) is 6.41. The second-order valence-electron chi connectivity index (χ2n) is 8.59. The van der Waals surface area contributed by atoms with Crippen molar-refractivity contribution in [3.05, 3.63) is 75.1 Å². The standard InChI is InChI=1S/C25H26ClN5O6/c1-36-15-14-29(25(33)18-7-11-20(12-8-18)31(34)35)16-22(32)30-13-3-2-4-21(30)24-27-23(28-37-24)17-5-9-19(26)10-6-17/h5-12,21H,2-4,13-16H2,1H3. The van der Waals surface area contributed by atoms with Crippen molar-refractivity contribution >= 4 is 29.1 Å². The molecule has 1 unspecified atom stereocenters. The summed E-state index contributed by atoms with van der Waals surface area (Å²) in [5.74, 6) is 0.0572. The zero-order valence-electron chi connectivity index (χ0n) is 20.2. The lowest BCUT2D eigenvalue weighted by Gasteiger charge is -2.35. The number of carbonyl (C=O) groups excluding carboxylic acids is 2. The van der Waals surface area contributed by atoms with Gasteiger partial charge in [-0.3, -0.25) is 19.7 Å². The molecule has 194 valence electrons. The number of methoxy groups -OCH3 is 1. The van der Waals surface area contributed by atoms with Crippen LogP contribution < -0.4 is 0 Å². The van der Waals surface area contributed by atoms with Crippen LogP contribution in [0, 0.1) is 10.1 Å². The van der Waals surface area contributed by atoms with Crippen LogP contribution in [0.15, 0.2) is 53.1 Å². The van der Waals surface area contributed by atoms with E-state index in [1.54, 1.807) is 29.2 Å². The van der Waals surface area contributed by atoms with Crippen molar-refractivity contribution in [2.24, 2.45) is 0 Å². The van der Waals surface area contributed by atoms with E-state index in [2.05, 4.69) is 10.1 Å². The molecule has 1 fully saturated rings. The number of hydrogen-bond donors (Lipinski definition) is 0. The molecular weight excluding hydrogens is 502 g/mol. The van der Waals surface area contributed by atoms with E-state index < -0.39 is 16.9 Å². The quantitative estimate of drug-likeness (QED) is 0.299. The Morgan fingerprint density at radius 2 is 1.92 bits per heavy atom.